The van der Waals surface area contributed by atoms with Gasteiger partial charge < -0.3 is 14.6 Å². The molecule has 0 saturated carbocycles. The Kier molecular flexibility index (Phi) is 7.16. The van der Waals surface area contributed by atoms with E-state index in [1.54, 1.807) is 18.2 Å². The first kappa shape index (κ1) is 19.2. The van der Waals surface area contributed by atoms with Crippen molar-refractivity contribution in [1.29, 1.82) is 0 Å². The Balaban J connectivity index is 1.89. The number of aliphatic hydroxyl groups excluding tert-OH is 1. The molecular weight excluding hydrogens is 316 g/mol. The van der Waals surface area contributed by atoms with E-state index < -0.39 is 11.5 Å². The van der Waals surface area contributed by atoms with Crippen LogP contribution in [0.3, 0.4) is 0 Å². The number of carbonyl (C=O) groups is 1. The van der Waals surface area contributed by atoms with E-state index in [1.165, 1.54) is 6.08 Å². The second kappa shape index (κ2) is 9.35. The minimum Gasteiger partial charge on any atom is -0.498 e. The van der Waals surface area contributed by atoms with Crippen molar-refractivity contribution in [2.24, 2.45) is 5.41 Å². The molecule has 1 aliphatic rings. The topological polar surface area (TPSA) is 55.8 Å². The molecule has 25 heavy (non-hydrogen) atoms. The van der Waals surface area contributed by atoms with Crippen LogP contribution in [0, 0.1) is 5.41 Å². The first-order valence-corrected chi connectivity index (χ1v) is 8.60. The van der Waals surface area contributed by atoms with Crippen LogP contribution in [-0.4, -0.2) is 30.2 Å². The van der Waals surface area contributed by atoms with Gasteiger partial charge in [-0.05, 0) is 18.9 Å². The zero-order valence-electron chi connectivity index (χ0n) is 14.7. The Morgan fingerprint density at radius 1 is 1.36 bits per heavy atom. The predicted octanol–water partition coefficient (Wildman–Crippen LogP) is 3.58. The summed E-state index contributed by atoms with van der Waals surface area (Å²) in [7, 11) is 0. The van der Waals surface area contributed by atoms with Gasteiger partial charge in [0.15, 0.2) is 5.78 Å². The molecule has 1 aromatic rings. The Morgan fingerprint density at radius 2 is 2.12 bits per heavy atom. The average Bonchev–Trinajstić information content (AvgIpc) is 2.63. The van der Waals surface area contributed by atoms with Gasteiger partial charge in [-0.2, -0.15) is 0 Å². The third-order valence-corrected chi connectivity index (χ3v) is 4.25. The van der Waals surface area contributed by atoms with E-state index in [9.17, 15) is 9.90 Å². The van der Waals surface area contributed by atoms with Gasteiger partial charge in [0.05, 0.1) is 37.1 Å². The molecule has 0 aliphatic heterocycles. The monoisotopic (exact) mass is 342 g/mol. The van der Waals surface area contributed by atoms with Crippen LogP contribution >= 0.6 is 0 Å². The lowest BCUT2D eigenvalue weighted by atomic mass is 9.75. The molecule has 0 unspecified atom stereocenters. The van der Waals surface area contributed by atoms with Crippen molar-refractivity contribution in [2.45, 2.75) is 32.5 Å². The van der Waals surface area contributed by atoms with Crippen molar-refractivity contribution in [3.05, 3.63) is 72.5 Å². The van der Waals surface area contributed by atoms with Gasteiger partial charge in [-0.15, -0.1) is 6.58 Å². The highest BCUT2D eigenvalue weighted by Crippen LogP contribution is 2.35. The van der Waals surface area contributed by atoms with E-state index in [4.69, 9.17) is 9.47 Å². The van der Waals surface area contributed by atoms with Crippen LogP contribution < -0.4 is 0 Å². The van der Waals surface area contributed by atoms with Crippen molar-refractivity contribution in [3.8, 4) is 0 Å². The predicted molar refractivity (Wildman–Crippen MR) is 97.8 cm³/mol. The van der Waals surface area contributed by atoms with Gasteiger partial charge in [-0.25, -0.2) is 0 Å². The SMILES string of the molecule is C=C[C@@]1(/C=C/[C@@H](O)COCc2ccccc2)CCC(OCC)=CC1=O. The summed E-state index contributed by atoms with van der Waals surface area (Å²) in [4.78, 5) is 12.5. The number of allylic oxidation sites excluding steroid dienone is 4. The highest BCUT2D eigenvalue weighted by Gasteiger charge is 2.35. The summed E-state index contributed by atoms with van der Waals surface area (Å²) in [5, 5.41) is 10.1. The maximum Gasteiger partial charge on any atom is 0.172 e. The molecule has 0 radical (unpaired) electrons. The van der Waals surface area contributed by atoms with E-state index in [0.29, 0.717) is 31.8 Å². The van der Waals surface area contributed by atoms with Crippen LogP contribution in [0.2, 0.25) is 0 Å². The van der Waals surface area contributed by atoms with Gasteiger partial charge in [0.25, 0.3) is 0 Å². The van der Waals surface area contributed by atoms with Gasteiger partial charge in [0.2, 0.25) is 0 Å². The van der Waals surface area contributed by atoms with Crippen LogP contribution in [0.1, 0.15) is 25.3 Å². The Bertz CT molecular complexity index is 633. The lowest BCUT2D eigenvalue weighted by Crippen LogP contribution is -2.30. The zero-order valence-corrected chi connectivity index (χ0v) is 14.7. The molecule has 134 valence electrons. The number of aliphatic hydroxyl groups is 1. The second-order valence-electron chi connectivity index (χ2n) is 6.08. The molecule has 0 aromatic heterocycles. The number of ketones is 1. The van der Waals surface area contributed by atoms with E-state index in [1.807, 2.05) is 37.3 Å². The molecule has 2 rings (SSSR count). The van der Waals surface area contributed by atoms with Gasteiger partial charge >= 0.3 is 0 Å². The molecule has 0 fully saturated rings. The Hall–Kier alpha value is -2.17. The van der Waals surface area contributed by atoms with Gasteiger partial charge in [0, 0.05) is 12.5 Å². The van der Waals surface area contributed by atoms with Gasteiger partial charge in [-0.1, -0.05) is 48.6 Å². The summed E-state index contributed by atoms with van der Waals surface area (Å²) in [5.74, 6) is 0.649. The maximum absolute atomic E-state index is 12.5. The lowest BCUT2D eigenvalue weighted by Gasteiger charge is -2.29. The molecule has 1 aliphatic carbocycles. The second-order valence-corrected chi connectivity index (χ2v) is 6.08. The lowest BCUT2D eigenvalue weighted by molar-refractivity contribution is -0.120. The van der Waals surface area contributed by atoms with E-state index in [0.717, 1.165) is 5.56 Å². The van der Waals surface area contributed by atoms with Crippen LogP contribution in [0.15, 0.2) is 67.0 Å². The fourth-order valence-corrected chi connectivity index (χ4v) is 2.75. The van der Waals surface area contributed by atoms with Crippen LogP contribution in [0.5, 0.6) is 0 Å². The highest BCUT2D eigenvalue weighted by molar-refractivity contribution is 5.99. The quantitative estimate of drug-likeness (QED) is 0.697. The average molecular weight is 342 g/mol. The molecule has 0 spiro atoms. The number of carbonyl (C=O) groups excluding carboxylic acids is 1. The molecule has 0 saturated heterocycles. The van der Waals surface area contributed by atoms with Crippen LogP contribution in [0.25, 0.3) is 0 Å². The Morgan fingerprint density at radius 3 is 2.76 bits per heavy atom. The van der Waals surface area contributed by atoms with Crippen molar-refractivity contribution >= 4 is 5.78 Å². The normalized spacial score (nSPS) is 21.8. The number of ether oxygens (including phenoxy) is 2. The Labute approximate surface area is 149 Å². The number of hydrogen-bond donors (Lipinski definition) is 1. The molecule has 0 bridgehead atoms. The largest absolute Gasteiger partial charge is 0.498 e. The molecule has 1 N–H and O–H groups in total. The zero-order chi connectivity index (χ0) is 18.1. The summed E-state index contributed by atoms with van der Waals surface area (Å²) in [5.41, 5.74) is 0.276. The summed E-state index contributed by atoms with van der Waals surface area (Å²) in [6.07, 6.45) is 7.03. The fraction of sp³-hybridized carbons (Fsp3) is 0.381. The first-order chi connectivity index (χ1) is 12.1. The molecule has 0 amide bonds. The molecule has 1 aromatic carbocycles. The third-order valence-electron chi connectivity index (χ3n) is 4.25. The third kappa shape index (κ3) is 5.41. The number of rotatable bonds is 9. The van der Waals surface area contributed by atoms with Crippen LogP contribution in [0.4, 0.5) is 0 Å². The number of hydrogen-bond acceptors (Lipinski definition) is 4. The molecule has 4 nitrogen and oxygen atoms in total. The van der Waals surface area contributed by atoms with Crippen molar-refractivity contribution in [1.82, 2.24) is 0 Å². The molecular formula is C21H26O4. The summed E-state index contributed by atoms with van der Waals surface area (Å²) in [6.45, 7) is 6.86. The fourth-order valence-electron chi connectivity index (χ4n) is 2.75. The minimum atomic E-state index is -0.777. The maximum atomic E-state index is 12.5. The van der Waals surface area contributed by atoms with E-state index in [2.05, 4.69) is 6.58 Å². The standard InChI is InChI=1S/C21H26O4/c1-3-21(13-11-19(25-4-2)14-20(21)23)12-10-18(22)16-24-15-17-8-6-5-7-9-17/h3,5-10,12,14,18,22H,1,4,11,13,15-16H2,2H3/b12-10+/t18-,21-/m1/s1. The van der Waals surface area contributed by atoms with E-state index in [-0.39, 0.29) is 12.4 Å². The highest BCUT2D eigenvalue weighted by atomic mass is 16.5. The summed E-state index contributed by atoms with van der Waals surface area (Å²) in [6, 6.07) is 9.78. The summed E-state index contributed by atoms with van der Waals surface area (Å²) >= 11 is 0. The minimum absolute atomic E-state index is 0.0640. The molecule has 2 atom stereocenters. The van der Waals surface area contributed by atoms with E-state index >= 15 is 0 Å². The van der Waals surface area contributed by atoms with Crippen molar-refractivity contribution in [3.63, 3.8) is 0 Å². The first-order valence-electron chi connectivity index (χ1n) is 8.60. The van der Waals surface area contributed by atoms with Gasteiger partial charge in [-0.3, -0.25) is 4.79 Å². The smallest absolute Gasteiger partial charge is 0.172 e. The molecule has 0 heterocycles. The summed E-state index contributed by atoms with van der Waals surface area (Å²) < 4.78 is 10.9. The molecule has 4 heteroatoms. The van der Waals surface area contributed by atoms with Crippen molar-refractivity contribution in [2.75, 3.05) is 13.2 Å². The van der Waals surface area contributed by atoms with Crippen LogP contribution in [-0.2, 0) is 20.9 Å². The van der Waals surface area contributed by atoms with Gasteiger partial charge in [0.1, 0.15) is 0 Å². The number of benzene rings is 1. The van der Waals surface area contributed by atoms with Crippen molar-refractivity contribution < 1.29 is 19.4 Å².